The van der Waals surface area contributed by atoms with E-state index in [1.54, 1.807) is 0 Å². The van der Waals surface area contributed by atoms with Crippen LogP contribution in [0, 0.1) is 0 Å². The zero-order chi connectivity index (χ0) is 9.68. The van der Waals surface area contributed by atoms with Crippen LogP contribution >= 0.6 is 0 Å². The van der Waals surface area contributed by atoms with Gasteiger partial charge in [-0.1, -0.05) is 12.1 Å². The first-order chi connectivity index (χ1) is 6.22. The number of rotatable bonds is 5. The lowest BCUT2D eigenvalue weighted by molar-refractivity contribution is -0.117. The Hall–Kier alpha value is -1.43. The molecule has 0 bridgehead atoms. The SMILES string of the molecule is CCc1noc(CNCC(N)=O)n1. The summed E-state index contributed by atoms with van der Waals surface area (Å²) in [7, 11) is 0. The minimum Gasteiger partial charge on any atom is -0.369 e. The average Bonchev–Trinajstić information content (AvgIpc) is 2.52. The van der Waals surface area contributed by atoms with Gasteiger partial charge in [0.1, 0.15) is 0 Å². The molecule has 13 heavy (non-hydrogen) atoms. The number of nitrogens with two attached hydrogens (primary N) is 1. The monoisotopic (exact) mass is 184 g/mol. The van der Waals surface area contributed by atoms with E-state index < -0.39 is 5.91 Å². The van der Waals surface area contributed by atoms with Gasteiger partial charge in [-0.15, -0.1) is 0 Å². The molecular weight excluding hydrogens is 172 g/mol. The molecule has 0 aromatic carbocycles. The van der Waals surface area contributed by atoms with Crippen LogP contribution in [0.1, 0.15) is 18.6 Å². The third-order valence-electron chi connectivity index (χ3n) is 1.40. The van der Waals surface area contributed by atoms with Crippen LogP contribution in [0.3, 0.4) is 0 Å². The molecule has 0 unspecified atom stereocenters. The number of carbonyl (C=O) groups is 1. The van der Waals surface area contributed by atoms with Crippen molar-refractivity contribution in [1.82, 2.24) is 15.5 Å². The minimum absolute atomic E-state index is 0.115. The Kier molecular flexibility index (Phi) is 3.39. The third kappa shape index (κ3) is 3.20. The van der Waals surface area contributed by atoms with Crippen LogP contribution in [0.15, 0.2) is 4.52 Å². The first kappa shape index (κ1) is 9.66. The van der Waals surface area contributed by atoms with Crippen molar-refractivity contribution in [2.24, 2.45) is 5.73 Å². The summed E-state index contributed by atoms with van der Waals surface area (Å²) in [5.41, 5.74) is 4.92. The van der Waals surface area contributed by atoms with Crippen molar-refractivity contribution in [3.05, 3.63) is 11.7 Å². The van der Waals surface area contributed by atoms with Gasteiger partial charge >= 0.3 is 0 Å². The summed E-state index contributed by atoms with van der Waals surface area (Å²) in [6.07, 6.45) is 0.735. The Balaban J connectivity index is 2.32. The van der Waals surface area contributed by atoms with Crippen LogP contribution in [0.2, 0.25) is 0 Å². The lowest BCUT2D eigenvalue weighted by Gasteiger charge is -1.94. The maximum Gasteiger partial charge on any atom is 0.240 e. The summed E-state index contributed by atoms with van der Waals surface area (Å²) in [5, 5.41) is 6.46. The molecule has 0 radical (unpaired) electrons. The zero-order valence-corrected chi connectivity index (χ0v) is 7.41. The van der Waals surface area contributed by atoms with E-state index in [2.05, 4.69) is 15.5 Å². The molecule has 6 heteroatoms. The number of carbonyl (C=O) groups excluding carboxylic acids is 1. The summed E-state index contributed by atoms with van der Waals surface area (Å²) in [6, 6.07) is 0. The van der Waals surface area contributed by atoms with E-state index in [4.69, 9.17) is 10.3 Å². The van der Waals surface area contributed by atoms with Crippen LogP contribution in [0.25, 0.3) is 0 Å². The molecule has 0 saturated carbocycles. The number of hydrogen-bond donors (Lipinski definition) is 2. The predicted molar refractivity (Wildman–Crippen MR) is 44.6 cm³/mol. The van der Waals surface area contributed by atoms with Crippen molar-refractivity contribution in [1.29, 1.82) is 0 Å². The quantitative estimate of drug-likeness (QED) is 0.625. The largest absolute Gasteiger partial charge is 0.369 e. The standard InChI is InChI=1S/C7H12N4O2/c1-2-6-10-7(13-11-6)4-9-3-5(8)12/h9H,2-4H2,1H3,(H2,8,12). The molecule has 1 heterocycles. The molecule has 0 saturated heterocycles. The molecule has 1 aromatic heterocycles. The highest BCUT2D eigenvalue weighted by Crippen LogP contribution is 1.96. The van der Waals surface area contributed by atoms with Crippen molar-refractivity contribution < 1.29 is 9.32 Å². The number of nitrogens with zero attached hydrogens (tertiary/aromatic N) is 2. The van der Waals surface area contributed by atoms with Gasteiger partial charge < -0.3 is 10.3 Å². The fourth-order valence-corrected chi connectivity index (χ4v) is 0.798. The van der Waals surface area contributed by atoms with Crippen LogP contribution < -0.4 is 11.1 Å². The molecule has 0 aliphatic carbocycles. The zero-order valence-electron chi connectivity index (χ0n) is 7.41. The molecule has 0 spiro atoms. The van der Waals surface area contributed by atoms with Gasteiger partial charge in [-0.05, 0) is 0 Å². The Morgan fingerprint density at radius 1 is 1.69 bits per heavy atom. The first-order valence-corrected chi connectivity index (χ1v) is 4.03. The van der Waals surface area contributed by atoms with E-state index in [0.717, 1.165) is 6.42 Å². The Morgan fingerprint density at radius 3 is 3.00 bits per heavy atom. The molecule has 1 rings (SSSR count). The normalized spacial score (nSPS) is 10.2. The van der Waals surface area contributed by atoms with Crippen molar-refractivity contribution in [3.63, 3.8) is 0 Å². The molecule has 0 atom stereocenters. The lowest BCUT2D eigenvalue weighted by atomic mass is 10.5. The molecule has 1 amide bonds. The molecule has 0 fully saturated rings. The van der Waals surface area contributed by atoms with Gasteiger partial charge in [0.05, 0.1) is 13.1 Å². The van der Waals surface area contributed by atoms with Gasteiger partial charge in [0, 0.05) is 6.42 Å². The predicted octanol–water partition coefficient (Wildman–Crippen LogP) is -0.793. The van der Waals surface area contributed by atoms with Gasteiger partial charge in [-0.2, -0.15) is 4.98 Å². The Bertz CT molecular complexity index is 284. The summed E-state index contributed by atoms with van der Waals surface area (Å²) in [6.45, 7) is 2.42. The Morgan fingerprint density at radius 2 is 2.46 bits per heavy atom. The first-order valence-electron chi connectivity index (χ1n) is 4.03. The van der Waals surface area contributed by atoms with E-state index in [9.17, 15) is 4.79 Å². The van der Waals surface area contributed by atoms with E-state index in [1.165, 1.54) is 0 Å². The number of nitrogens with one attached hydrogen (secondary N) is 1. The minimum atomic E-state index is -0.407. The number of hydrogen-bond acceptors (Lipinski definition) is 5. The van der Waals surface area contributed by atoms with E-state index in [0.29, 0.717) is 18.3 Å². The summed E-state index contributed by atoms with van der Waals surface area (Å²) in [4.78, 5) is 14.4. The van der Waals surface area contributed by atoms with Crippen LogP contribution in [-0.4, -0.2) is 22.6 Å². The number of aryl methyl sites for hydroxylation is 1. The third-order valence-corrected chi connectivity index (χ3v) is 1.40. The number of aromatic nitrogens is 2. The molecule has 1 aromatic rings. The van der Waals surface area contributed by atoms with Gasteiger partial charge in [0.15, 0.2) is 5.82 Å². The van der Waals surface area contributed by atoms with Crippen LogP contribution in [0.5, 0.6) is 0 Å². The van der Waals surface area contributed by atoms with Crippen LogP contribution in [0.4, 0.5) is 0 Å². The maximum absolute atomic E-state index is 10.3. The smallest absolute Gasteiger partial charge is 0.240 e. The van der Waals surface area contributed by atoms with Crippen molar-refractivity contribution >= 4 is 5.91 Å². The maximum atomic E-state index is 10.3. The lowest BCUT2D eigenvalue weighted by Crippen LogP contribution is -2.28. The van der Waals surface area contributed by atoms with Gasteiger partial charge in [0.25, 0.3) is 0 Å². The van der Waals surface area contributed by atoms with Gasteiger partial charge in [-0.3, -0.25) is 10.1 Å². The van der Waals surface area contributed by atoms with E-state index >= 15 is 0 Å². The van der Waals surface area contributed by atoms with E-state index in [-0.39, 0.29) is 6.54 Å². The second-order valence-electron chi connectivity index (χ2n) is 2.53. The molecule has 0 aliphatic heterocycles. The molecule has 6 nitrogen and oxygen atoms in total. The highest BCUT2D eigenvalue weighted by molar-refractivity contribution is 5.75. The summed E-state index contributed by atoms with van der Waals surface area (Å²) >= 11 is 0. The second kappa shape index (κ2) is 4.56. The molecule has 3 N–H and O–H groups in total. The summed E-state index contributed by atoms with van der Waals surface area (Å²) < 4.78 is 4.86. The highest BCUT2D eigenvalue weighted by atomic mass is 16.5. The molecular formula is C7H12N4O2. The fraction of sp³-hybridized carbons (Fsp3) is 0.571. The second-order valence-corrected chi connectivity index (χ2v) is 2.53. The average molecular weight is 184 g/mol. The number of amides is 1. The van der Waals surface area contributed by atoms with Gasteiger partial charge in [-0.25, -0.2) is 0 Å². The van der Waals surface area contributed by atoms with Gasteiger partial charge in [0.2, 0.25) is 11.8 Å². The fourth-order valence-electron chi connectivity index (χ4n) is 0.798. The molecule has 72 valence electrons. The topological polar surface area (TPSA) is 94.0 Å². The van der Waals surface area contributed by atoms with Crippen molar-refractivity contribution in [2.75, 3.05) is 6.54 Å². The summed E-state index contributed by atoms with van der Waals surface area (Å²) in [5.74, 6) is 0.726. The Labute approximate surface area is 75.5 Å². The molecule has 0 aliphatic rings. The highest BCUT2D eigenvalue weighted by Gasteiger charge is 2.03. The van der Waals surface area contributed by atoms with Crippen molar-refractivity contribution in [2.45, 2.75) is 19.9 Å². The van der Waals surface area contributed by atoms with Crippen molar-refractivity contribution in [3.8, 4) is 0 Å². The van der Waals surface area contributed by atoms with Crippen LogP contribution in [-0.2, 0) is 17.8 Å². The number of primary amides is 1. The van der Waals surface area contributed by atoms with E-state index in [1.807, 2.05) is 6.92 Å².